The Bertz CT molecular complexity index is 478. The van der Waals surface area contributed by atoms with Crippen LogP contribution < -0.4 is 5.32 Å². The molecule has 0 bridgehead atoms. The Labute approximate surface area is 114 Å². The smallest absolute Gasteiger partial charge is 0.0556 e. The number of nitrogens with one attached hydrogen (secondary N) is 1. The molecule has 2 aromatic heterocycles. The first-order valence-electron chi connectivity index (χ1n) is 6.99. The van der Waals surface area contributed by atoms with Gasteiger partial charge in [0.15, 0.2) is 0 Å². The lowest BCUT2D eigenvalue weighted by atomic mass is 10.0. The Morgan fingerprint density at radius 1 is 1.16 bits per heavy atom. The average molecular weight is 258 g/mol. The molecule has 4 nitrogen and oxygen atoms in total. The van der Waals surface area contributed by atoms with Gasteiger partial charge in [-0.05, 0) is 43.1 Å². The molecule has 0 saturated carbocycles. The molecule has 0 aliphatic rings. The van der Waals surface area contributed by atoms with Crippen LogP contribution in [0.1, 0.15) is 37.6 Å². The molecule has 0 radical (unpaired) electrons. The maximum absolute atomic E-state index is 4.42. The van der Waals surface area contributed by atoms with Crippen LogP contribution in [0.3, 0.4) is 0 Å². The Morgan fingerprint density at radius 3 is 2.63 bits per heavy atom. The molecule has 1 N–H and O–H groups in total. The van der Waals surface area contributed by atoms with Crippen molar-refractivity contribution >= 4 is 0 Å². The second-order valence-corrected chi connectivity index (χ2v) is 4.65. The first kappa shape index (κ1) is 13.7. The standard InChI is InChI=1S/C15H22N4/c1-3-11-19-15(7-10-18-19)14(17-4-2)12-13-5-8-16-9-6-13/h5-10,14,17H,3-4,11-12H2,1-2H3. The summed E-state index contributed by atoms with van der Waals surface area (Å²) in [7, 11) is 0. The van der Waals surface area contributed by atoms with Gasteiger partial charge < -0.3 is 5.32 Å². The summed E-state index contributed by atoms with van der Waals surface area (Å²) in [4.78, 5) is 4.07. The van der Waals surface area contributed by atoms with Gasteiger partial charge in [-0.3, -0.25) is 9.67 Å². The maximum atomic E-state index is 4.42. The van der Waals surface area contributed by atoms with E-state index in [9.17, 15) is 0 Å². The van der Waals surface area contributed by atoms with Crippen LogP contribution in [0, 0.1) is 0 Å². The summed E-state index contributed by atoms with van der Waals surface area (Å²) in [6.45, 7) is 6.24. The third-order valence-corrected chi connectivity index (χ3v) is 3.18. The lowest BCUT2D eigenvalue weighted by Gasteiger charge is -2.19. The molecule has 0 aliphatic carbocycles. The van der Waals surface area contributed by atoms with E-state index in [-0.39, 0.29) is 0 Å². The van der Waals surface area contributed by atoms with Gasteiger partial charge in [-0.15, -0.1) is 0 Å². The van der Waals surface area contributed by atoms with Crippen molar-refractivity contribution in [3.05, 3.63) is 48.0 Å². The van der Waals surface area contributed by atoms with Crippen molar-refractivity contribution in [2.75, 3.05) is 6.54 Å². The minimum Gasteiger partial charge on any atom is -0.309 e. The van der Waals surface area contributed by atoms with Gasteiger partial charge in [-0.1, -0.05) is 13.8 Å². The zero-order chi connectivity index (χ0) is 13.5. The van der Waals surface area contributed by atoms with E-state index in [0.717, 1.165) is 25.9 Å². The maximum Gasteiger partial charge on any atom is 0.0556 e. The number of aryl methyl sites for hydroxylation is 1. The predicted molar refractivity (Wildman–Crippen MR) is 76.9 cm³/mol. The first-order chi connectivity index (χ1) is 9.35. The number of hydrogen-bond acceptors (Lipinski definition) is 3. The Kier molecular flexibility index (Phi) is 5.10. The summed E-state index contributed by atoms with van der Waals surface area (Å²) in [6.07, 6.45) is 7.65. The third-order valence-electron chi connectivity index (χ3n) is 3.18. The van der Waals surface area contributed by atoms with Gasteiger partial charge in [0.1, 0.15) is 0 Å². The fraction of sp³-hybridized carbons (Fsp3) is 0.467. The number of nitrogens with zero attached hydrogens (tertiary/aromatic N) is 3. The summed E-state index contributed by atoms with van der Waals surface area (Å²) < 4.78 is 2.11. The van der Waals surface area contributed by atoms with Crippen molar-refractivity contribution < 1.29 is 0 Å². The normalized spacial score (nSPS) is 12.5. The zero-order valence-electron chi connectivity index (χ0n) is 11.7. The van der Waals surface area contributed by atoms with Crippen LogP contribution in [0.5, 0.6) is 0 Å². The van der Waals surface area contributed by atoms with Crippen LogP contribution in [0.15, 0.2) is 36.8 Å². The highest BCUT2D eigenvalue weighted by molar-refractivity contribution is 5.16. The first-order valence-corrected chi connectivity index (χ1v) is 6.99. The van der Waals surface area contributed by atoms with Gasteiger partial charge in [-0.2, -0.15) is 5.10 Å². The van der Waals surface area contributed by atoms with E-state index in [1.165, 1.54) is 11.3 Å². The molecule has 0 amide bonds. The molecule has 2 rings (SSSR count). The zero-order valence-corrected chi connectivity index (χ0v) is 11.7. The molecule has 0 aliphatic heterocycles. The Morgan fingerprint density at radius 2 is 1.95 bits per heavy atom. The van der Waals surface area contributed by atoms with Crippen molar-refractivity contribution in [1.29, 1.82) is 0 Å². The molecule has 1 atom stereocenters. The summed E-state index contributed by atoms with van der Waals surface area (Å²) in [6, 6.07) is 6.57. The highest BCUT2D eigenvalue weighted by Gasteiger charge is 2.15. The molecule has 4 heteroatoms. The largest absolute Gasteiger partial charge is 0.309 e. The molecule has 0 fully saturated rings. The van der Waals surface area contributed by atoms with Gasteiger partial charge >= 0.3 is 0 Å². The molecule has 2 heterocycles. The van der Waals surface area contributed by atoms with Crippen molar-refractivity contribution in [2.24, 2.45) is 0 Å². The lowest BCUT2D eigenvalue weighted by molar-refractivity contribution is 0.478. The quantitative estimate of drug-likeness (QED) is 0.830. The summed E-state index contributed by atoms with van der Waals surface area (Å²) in [5.41, 5.74) is 2.56. The summed E-state index contributed by atoms with van der Waals surface area (Å²) in [5, 5.41) is 7.97. The molecule has 0 spiro atoms. The minimum atomic E-state index is 0.307. The molecule has 102 valence electrons. The van der Waals surface area contributed by atoms with E-state index in [1.807, 2.05) is 18.6 Å². The lowest BCUT2D eigenvalue weighted by Crippen LogP contribution is -2.25. The molecule has 19 heavy (non-hydrogen) atoms. The number of pyridine rings is 1. The fourth-order valence-corrected chi connectivity index (χ4v) is 2.32. The third kappa shape index (κ3) is 3.64. The molecule has 0 aromatic carbocycles. The van der Waals surface area contributed by atoms with Gasteiger partial charge in [0.05, 0.1) is 11.7 Å². The highest BCUT2D eigenvalue weighted by atomic mass is 15.3. The summed E-state index contributed by atoms with van der Waals surface area (Å²) in [5.74, 6) is 0. The molecular weight excluding hydrogens is 236 g/mol. The number of likely N-dealkylation sites (N-methyl/N-ethyl adjacent to an activating group) is 1. The molecule has 1 unspecified atom stereocenters. The van der Waals surface area contributed by atoms with Gasteiger partial charge in [0.25, 0.3) is 0 Å². The molecular formula is C15H22N4. The minimum absolute atomic E-state index is 0.307. The molecule has 2 aromatic rings. The van der Waals surface area contributed by atoms with Gasteiger partial charge in [0.2, 0.25) is 0 Å². The van der Waals surface area contributed by atoms with Gasteiger partial charge in [0, 0.05) is 25.1 Å². The van der Waals surface area contributed by atoms with Crippen molar-refractivity contribution in [3.63, 3.8) is 0 Å². The average Bonchev–Trinajstić information content (AvgIpc) is 2.88. The van der Waals surface area contributed by atoms with Crippen LogP contribution in [-0.2, 0) is 13.0 Å². The molecule has 0 saturated heterocycles. The second kappa shape index (κ2) is 7.04. The summed E-state index contributed by atoms with van der Waals surface area (Å²) >= 11 is 0. The SMILES string of the molecule is CCCn1nccc1C(Cc1ccncc1)NCC. The van der Waals surface area contributed by atoms with Crippen molar-refractivity contribution in [2.45, 2.75) is 39.3 Å². The van der Waals surface area contributed by atoms with Crippen LogP contribution in [0.25, 0.3) is 0 Å². The van der Waals surface area contributed by atoms with Crippen LogP contribution in [0.4, 0.5) is 0 Å². The van der Waals surface area contributed by atoms with Gasteiger partial charge in [-0.25, -0.2) is 0 Å². The number of rotatable bonds is 7. The van der Waals surface area contributed by atoms with E-state index in [1.54, 1.807) is 0 Å². The Hall–Kier alpha value is -1.68. The van der Waals surface area contributed by atoms with Crippen LogP contribution >= 0.6 is 0 Å². The predicted octanol–water partition coefficient (Wildman–Crippen LogP) is 2.58. The monoisotopic (exact) mass is 258 g/mol. The van der Waals surface area contributed by atoms with Crippen LogP contribution in [0.2, 0.25) is 0 Å². The number of aromatic nitrogens is 3. The second-order valence-electron chi connectivity index (χ2n) is 4.65. The van der Waals surface area contributed by atoms with E-state index >= 15 is 0 Å². The van der Waals surface area contributed by atoms with E-state index in [0.29, 0.717) is 6.04 Å². The van der Waals surface area contributed by atoms with Crippen molar-refractivity contribution in [1.82, 2.24) is 20.1 Å². The van der Waals surface area contributed by atoms with Crippen molar-refractivity contribution in [3.8, 4) is 0 Å². The highest BCUT2D eigenvalue weighted by Crippen LogP contribution is 2.18. The fourth-order valence-electron chi connectivity index (χ4n) is 2.32. The van der Waals surface area contributed by atoms with E-state index in [2.05, 4.69) is 52.1 Å². The number of hydrogen-bond donors (Lipinski definition) is 1. The van der Waals surface area contributed by atoms with Crippen LogP contribution in [-0.4, -0.2) is 21.3 Å². The van der Waals surface area contributed by atoms with E-state index in [4.69, 9.17) is 0 Å². The van der Waals surface area contributed by atoms with E-state index < -0.39 is 0 Å². The topological polar surface area (TPSA) is 42.7 Å². The Balaban J connectivity index is 2.17.